The zero-order valence-electron chi connectivity index (χ0n) is 8.71. The van der Waals surface area contributed by atoms with Gasteiger partial charge < -0.3 is 16.0 Å². The predicted molar refractivity (Wildman–Crippen MR) is 57.2 cm³/mol. The maximum Gasteiger partial charge on any atom is 0.239 e. The molecule has 84 valence electrons. The van der Waals surface area contributed by atoms with Crippen LogP contribution in [-0.4, -0.2) is 37.5 Å². The lowest BCUT2D eigenvalue weighted by molar-refractivity contribution is -0.125. The molecule has 1 fully saturated rings. The van der Waals surface area contributed by atoms with Gasteiger partial charge in [-0.3, -0.25) is 9.59 Å². The Hall–Kier alpha value is -1.36. The summed E-state index contributed by atoms with van der Waals surface area (Å²) in [6, 6.07) is 0.341. The quantitative estimate of drug-likeness (QED) is 0.380. The van der Waals surface area contributed by atoms with Crippen molar-refractivity contribution in [2.24, 2.45) is 0 Å². The topological polar surface area (TPSA) is 70.2 Å². The number of amides is 2. The Morgan fingerprint density at radius 2 is 2.00 bits per heavy atom. The van der Waals surface area contributed by atoms with E-state index >= 15 is 0 Å². The Bertz CT molecular complexity index is 249. The highest BCUT2D eigenvalue weighted by Crippen LogP contribution is 2.17. The van der Waals surface area contributed by atoms with Gasteiger partial charge in [-0.25, -0.2) is 0 Å². The van der Waals surface area contributed by atoms with Crippen molar-refractivity contribution >= 4 is 11.8 Å². The first-order valence-corrected chi connectivity index (χ1v) is 5.10. The van der Waals surface area contributed by atoms with Gasteiger partial charge in [0.1, 0.15) is 0 Å². The first kappa shape index (κ1) is 11.7. The van der Waals surface area contributed by atoms with Gasteiger partial charge in [0.05, 0.1) is 13.1 Å². The largest absolute Gasteiger partial charge is 0.352 e. The lowest BCUT2D eigenvalue weighted by Crippen LogP contribution is -2.41. The van der Waals surface area contributed by atoms with Crippen LogP contribution < -0.4 is 16.0 Å². The van der Waals surface area contributed by atoms with Gasteiger partial charge in [0, 0.05) is 12.6 Å². The molecular formula is C10H17N3O2. The summed E-state index contributed by atoms with van der Waals surface area (Å²) in [6.07, 6.45) is 3.79. The third-order valence-corrected chi connectivity index (χ3v) is 1.96. The third kappa shape index (κ3) is 5.85. The van der Waals surface area contributed by atoms with E-state index in [1.54, 1.807) is 6.08 Å². The van der Waals surface area contributed by atoms with Crippen molar-refractivity contribution in [1.82, 2.24) is 16.0 Å². The molecule has 0 unspecified atom stereocenters. The lowest BCUT2D eigenvalue weighted by Gasteiger charge is -2.05. The van der Waals surface area contributed by atoms with E-state index in [0.29, 0.717) is 12.6 Å². The Balaban J connectivity index is 1.99. The van der Waals surface area contributed by atoms with Gasteiger partial charge >= 0.3 is 0 Å². The van der Waals surface area contributed by atoms with E-state index in [9.17, 15) is 9.59 Å². The van der Waals surface area contributed by atoms with Crippen molar-refractivity contribution < 1.29 is 9.59 Å². The van der Waals surface area contributed by atoms with Gasteiger partial charge in [-0.1, -0.05) is 6.08 Å². The summed E-state index contributed by atoms with van der Waals surface area (Å²) < 4.78 is 0. The summed E-state index contributed by atoms with van der Waals surface area (Å²) in [5, 5.41) is 8.16. The molecular weight excluding hydrogens is 194 g/mol. The maximum atomic E-state index is 11.2. The molecule has 0 atom stereocenters. The molecule has 15 heavy (non-hydrogen) atoms. The Labute approximate surface area is 89.3 Å². The zero-order chi connectivity index (χ0) is 11.1. The molecule has 1 aliphatic rings. The van der Waals surface area contributed by atoms with Gasteiger partial charge in [0.2, 0.25) is 11.8 Å². The fourth-order valence-corrected chi connectivity index (χ4v) is 1.04. The molecule has 1 aliphatic carbocycles. The van der Waals surface area contributed by atoms with Gasteiger partial charge in [-0.05, 0) is 12.8 Å². The van der Waals surface area contributed by atoms with E-state index in [2.05, 4.69) is 22.5 Å². The first-order chi connectivity index (χ1) is 7.22. The van der Waals surface area contributed by atoms with Crippen LogP contribution in [0.1, 0.15) is 12.8 Å². The maximum absolute atomic E-state index is 11.2. The Morgan fingerprint density at radius 3 is 2.60 bits per heavy atom. The van der Waals surface area contributed by atoms with Crippen LogP contribution in [0, 0.1) is 0 Å². The number of carbonyl (C=O) groups excluding carboxylic acids is 2. The van der Waals surface area contributed by atoms with E-state index in [4.69, 9.17) is 0 Å². The molecule has 5 nitrogen and oxygen atoms in total. The smallest absolute Gasteiger partial charge is 0.239 e. The van der Waals surface area contributed by atoms with Gasteiger partial charge in [0.25, 0.3) is 0 Å². The van der Waals surface area contributed by atoms with E-state index in [1.165, 1.54) is 0 Å². The minimum absolute atomic E-state index is 0.0606. The number of hydrogen-bond acceptors (Lipinski definition) is 3. The molecule has 0 aromatic rings. The van der Waals surface area contributed by atoms with Crippen LogP contribution in [0.15, 0.2) is 12.7 Å². The molecule has 0 aromatic heterocycles. The summed E-state index contributed by atoms with van der Waals surface area (Å²) in [5.74, 6) is -0.294. The highest BCUT2D eigenvalue weighted by molar-refractivity contribution is 5.85. The van der Waals surface area contributed by atoms with Crippen LogP contribution in [0.3, 0.4) is 0 Å². The normalized spacial score (nSPS) is 14.4. The predicted octanol–water partition coefficient (Wildman–Crippen LogP) is -0.843. The van der Waals surface area contributed by atoms with Crippen molar-refractivity contribution in [1.29, 1.82) is 0 Å². The average Bonchev–Trinajstić information content (AvgIpc) is 2.99. The van der Waals surface area contributed by atoms with E-state index in [1.807, 2.05) is 0 Å². The van der Waals surface area contributed by atoms with Gasteiger partial charge in [-0.2, -0.15) is 0 Å². The molecule has 0 bridgehead atoms. The number of nitrogens with one attached hydrogen (secondary N) is 3. The average molecular weight is 211 g/mol. The molecule has 3 N–H and O–H groups in total. The minimum atomic E-state index is -0.178. The second kappa shape index (κ2) is 6.19. The molecule has 0 aromatic carbocycles. The third-order valence-electron chi connectivity index (χ3n) is 1.96. The molecule has 0 aliphatic heterocycles. The molecule has 5 heteroatoms. The fourth-order valence-electron chi connectivity index (χ4n) is 1.04. The van der Waals surface area contributed by atoms with Crippen molar-refractivity contribution in [2.75, 3.05) is 19.6 Å². The summed E-state index contributed by atoms with van der Waals surface area (Å²) in [4.78, 5) is 22.3. The van der Waals surface area contributed by atoms with Crippen LogP contribution in [-0.2, 0) is 9.59 Å². The highest BCUT2D eigenvalue weighted by atomic mass is 16.2. The van der Waals surface area contributed by atoms with Crippen LogP contribution in [0.25, 0.3) is 0 Å². The van der Waals surface area contributed by atoms with Crippen LogP contribution in [0.2, 0.25) is 0 Å². The molecule has 1 saturated carbocycles. The second-order valence-electron chi connectivity index (χ2n) is 3.54. The van der Waals surface area contributed by atoms with Crippen molar-refractivity contribution in [3.63, 3.8) is 0 Å². The van der Waals surface area contributed by atoms with E-state index < -0.39 is 0 Å². The standard InChI is InChI=1S/C10H17N3O2/c1-2-5-11-6-9(14)12-7-10(15)13-8-3-4-8/h2,8,11H,1,3-7H2,(H,12,14)(H,13,15). The number of rotatable bonds is 7. The highest BCUT2D eigenvalue weighted by Gasteiger charge is 2.22. The SMILES string of the molecule is C=CCNCC(=O)NCC(=O)NC1CC1. The second-order valence-corrected chi connectivity index (χ2v) is 3.54. The van der Waals surface area contributed by atoms with E-state index in [0.717, 1.165) is 12.8 Å². The van der Waals surface area contributed by atoms with Crippen LogP contribution >= 0.6 is 0 Å². The molecule has 0 saturated heterocycles. The Morgan fingerprint density at radius 1 is 1.27 bits per heavy atom. The fraction of sp³-hybridized carbons (Fsp3) is 0.600. The Kier molecular flexibility index (Phi) is 4.83. The van der Waals surface area contributed by atoms with Gasteiger partial charge in [-0.15, -0.1) is 6.58 Å². The minimum Gasteiger partial charge on any atom is -0.352 e. The van der Waals surface area contributed by atoms with Crippen LogP contribution in [0.5, 0.6) is 0 Å². The summed E-state index contributed by atoms with van der Waals surface area (Å²) in [5.41, 5.74) is 0. The molecule has 0 spiro atoms. The monoisotopic (exact) mass is 211 g/mol. The first-order valence-electron chi connectivity index (χ1n) is 5.10. The molecule has 2 amide bonds. The molecule has 0 radical (unpaired) electrons. The zero-order valence-corrected chi connectivity index (χ0v) is 8.71. The summed E-state index contributed by atoms with van der Waals surface area (Å²) >= 11 is 0. The summed E-state index contributed by atoms with van der Waals surface area (Å²) in [7, 11) is 0. The number of hydrogen-bond donors (Lipinski definition) is 3. The van der Waals surface area contributed by atoms with E-state index in [-0.39, 0.29) is 24.9 Å². The number of carbonyl (C=O) groups is 2. The van der Waals surface area contributed by atoms with Gasteiger partial charge in [0.15, 0.2) is 0 Å². The van der Waals surface area contributed by atoms with Crippen molar-refractivity contribution in [2.45, 2.75) is 18.9 Å². The molecule has 0 heterocycles. The lowest BCUT2D eigenvalue weighted by atomic mass is 10.5. The van der Waals surface area contributed by atoms with Crippen LogP contribution in [0.4, 0.5) is 0 Å². The van der Waals surface area contributed by atoms with Crippen molar-refractivity contribution in [3.05, 3.63) is 12.7 Å². The molecule has 1 rings (SSSR count). The van der Waals surface area contributed by atoms with Crippen molar-refractivity contribution in [3.8, 4) is 0 Å². The summed E-state index contributed by atoms with van der Waals surface area (Å²) in [6.45, 7) is 4.37.